The second-order valence-electron chi connectivity index (χ2n) is 8.12. The van der Waals surface area contributed by atoms with Crippen molar-refractivity contribution in [3.05, 3.63) is 47.5 Å². The summed E-state index contributed by atoms with van der Waals surface area (Å²) in [4.78, 5) is 0.601. The number of nitrogens with one attached hydrogen (secondary N) is 2. The summed E-state index contributed by atoms with van der Waals surface area (Å²) in [5.41, 5.74) is 3.78. The number of rotatable bonds is 4. The van der Waals surface area contributed by atoms with Gasteiger partial charge in [-0.15, -0.1) is 0 Å². The van der Waals surface area contributed by atoms with Gasteiger partial charge in [0.1, 0.15) is 0 Å². The summed E-state index contributed by atoms with van der Waals surface area (Å²) in [6.07, 6.45) is 0.528. The molecule has 2 aromatic carbocycles. The molecule has 2 heterocycles. The Balaban J connectivity index is 1.44. The molecule has 2 aliphatic heterocycles. The number of benzene rings is 2. The van der Waals surface area contributed by atoms with E-state index in [2.05, 4.69) is 10.6 Å². The van der Waals surface area contributed by atoms with Gasteiger partial charge in [0.05, 0.1) is 9.79 Å². The highest BCUT2D eigenvalue weighted by molar-refractivity contribution is 7.89. The lowest BCUT2D eigenvalue weighted by Gasteiger charge is -2.26. The molecule has 31 heavy (non-hydrogen) atoms. The van der Waals surface area contributed by atoms with E-state index in [1.807, 2.05) is 12.1 Å². The van der Waals surface area contributed by atoms with E-state index in [4.69, 9.17) is 0 Å². The van der Waals surface area contributed by atoms with Gasteiger partial charge < -0.3 is 10.6 Å². The summed E-state index contributed by atoms with van der Waals surface area (Å²) in [6, 6.07) is 10.5. The molecular weight excluding hydrogens is 436 g/mol. The molecule has 0 aromatic heterocycles. The molecule has 5 rings (SSSR count). The van der Waals surface area contributed by atoms with Crippen LogP contribution in [-0.2, 0) is 26.5 Å². The van der Waals surface area contributed by atoms with Gasteiger partial charge in [-0.25, -0.2) is 16.8 Å². The number of hydrogen-bond acceptors (Lipinski definition) is 6. The molecule has 2 saturated heterocycles. The molecule has 0 saturated carbocycles. The van der Waals surface area contributed by atoms with Crippen molar-refractivity contribution in [3.63, 3.8) is 0 Å². The largest absolute Gasteiger partial charge is 0.314 e. The number of hydrogen-bond donors (Lipinski definition) is 2. The summed E-state index contributed by atoms with van der Waals surface area (Å²) in [5, 5.41) is 6.34. The second-order valence-corrected chi connectivity index (χ2v) is 12.0. The molecular formula is C21H26N4O4S2. The predicted octanol–water partition coefficient (Wildman–Crippen LogP) is 0.446. The van der Waals surface area contributed by atoms with Crippen LogP contribution in [0.15, 0.2) is 46.2 Å². The Kier molecular flexibility index (Phi) is 5.40. The molecule has 1 aliphatic carbocycles. The maximum absolute atomic E-state index is 13.0. The summed E-state index contributed by atoms with van der Waals surface area (Å²) in [7, 11) is -7.06. The molecule has 10 heteroatoms. The SMILES string of the molecule is O=S(=O)(c1ccc2c(c1)Cc1cc(S(=O)(=O)N3CCNCC3)ccc1-2)N1CCNCC1. The lowest BCUT2D eigenvalue weighted by molar-refractivity contribution is 0.360. The van der Waals surface area contributed by atoms with Crippen molar-refractivity contribution in [3.8, 4) is 11.1 Å². The zero-order valence-corrected chi connectivity index (χ0v) is 18.8. The van der Waals surface area contributed by atoms with Crippen molar-refractivity contribution in [2.24, 2.45) is 0 Å². The molecule has 0 spiro atoms. The van der Waals surface area contributed by atoms with E-state index >= 15 is 0 Å². The zero-order valence-electron chi connectivity index (χ0n) is 17.2. The first-order chi connectivity index (χ1) is 14.9. The normalized spacial score (nSPS) is 20.4. The maximum Gasteiger partial charge on any atom is 0.243 e. The summed E-state index contributed by atoms with van der Waals surface area (Å²) in [6.45, 7) is 4.47. The number of piperazine rings is 2. The summed E-state index contributed by atoms with van der Waals surface area (Å²) >= 11 is 0. The van der Waals surface area contributed by atoms with Crippen LogP contribution < -0.4 is 10.6 Å². The van der Waals surface area contributed by atoms with Crippen LogP contribution in [0.1, 0.15) is 11.1 Å². The minimum absolute atomic E-state index is 0.301. The first-order valence-electron chi connectivity index (χ1n) is 10.6. The van der Waals surface area contributed by atoms with Gasteiger partial charge in [0, 0.05) is 52.4 Å². The van der Waals surface area contributed by atoms with E-state index in [0.29, 0.717) is 68.6 Å². The smallest absolute Gasteiger partial charge is 0.243 e. The highest BCUT2D eigenvalue weighted by atomic mass is 32.2. The molecule has 2 aromatic rings. The molecule has 0 radical (unpaired) electrons. The first kappa shape index (κ1) is 21.0. The molecule has 166 valence electrons. The fourth-order valence-electron chi connectivity index (χ4n) is 4.55. The Hall–Kier alpha value is -1.82. The van der Waals surface area contributed by atoms with E-state index in [-0.39, 0.29) is 0 Å². The van der Waals surface area contributed by atoms with Gasteiger partial charge in [-0.05, 0) is 52.9 Å². The van der Waals surface area contributed by atoms with Crippen LogP contribution in [-0.4, -0.2) is 77.8 Å². The monoisotopic (exact) mass is 462 g/mol. The van der Waals surface area contributed by atoms with E-state index in [1.54, 1.807) is 24.3 Å². The van der Waals surface area contributed by atoms with Crippen LogP contribution in [0.4, 0.5) is 0 Å². The lowest BCUT2D eigenvalue weighted by atomic mass is 10.1. The zero-order chi connectivity index (χ0) is 21.6. The fourth-order valence-corrected chi connectivity index (χ4v) is 7.54. The highest BCUT2D eigenvalue weighted by Crippen LogP contribution is 2.39. The van der Waals surface area contributed by atoms with Gasteiger partial charge in [0.25, 0.3) is 0 Å². The molecule has 0 unspecified atom stereocenters. The number of fused-ring (bicyclic) bond motifs is 3. The molecule has 0 bridgehead atoms. The van der Waals surface area contributed by atoms with E-state index in [9.17, 15) is 16.8 Å². The van der Waals surface area contributed by atoms with Gasteiger partial charge in [-0.1, -0.05) is 12.1 Å². The fraction of sp³-hybridized carbons (Fsp3) is 0.429. The summed E-state index contributed by atoms with van der Waals surface area (Å²) in [5.74, 6) is 0. The van der Waals surface area contributed by atoms with Crippen LogP contribution in [0.5, 0.6) is 0 Å². The van der Waals surface area contributed by atoms with Crippen molar-refractivity contribution in [1.82, 2.24) is 19.2 Å². The Bertz CT molecular complexity index is 1120. The Morgan fingerprint density at radius 2 is 1.00 bits per heavy atom. The maximum atomic E-state index is 13.0. The Morgan fingerprint density at radius 3 is 1.39 bits per heavy atom. The van der Waals surface area contributed by atoms with Crippen LogP contribution >= 0.6 is 0 Å². The first-order valence-corrected chi connectivity index (χ1v) is 13.4. The van der Waals surface area contributed by atoms with Crippen LogP contribution in [0.3, 0.4) is 0 Å². The molecule has 8 nitrogen and oxygen atoms in total. The van der Waals surface area contributed by atoms with Crippen LogP contribution in [0.2, 0.25) is 0 Å². The lowest BCUT2D eigenvalue weighted by Crippen LogP contribution is -2.46. The van der Waals surface area contributed by atoms with Gasteiger partial charge in [0.2, 0.25) is 20.0 Å². The Labute approximate surface area is 183 Å². The quantitative estimate of drug-likeness (QED) is 0.584. The third-order valence-corrected chi connectivity index (χ3v) is 10.0. The molecule has 0 amide bonds. The van der Waals surface area contributed by atoms with E-state index in [0.717, 1.165) is 22.3 Å². The van der Waals surface area contributed by atoms with Crippen molar-refractivity contribution >= 4 is 20.0 Å². The predicted molar refractivity (Wildman–Crippen MR) is 118 cm³/mol. The average molecular weight is 463 g/mol. The van der Waals surface area contributed by atoms with Crippen molar-refractivity contribution < 1.29 is 16.8 Å². The van der Waals surface area contributed by atoms with E-state index < -0.39 is 20.0 Å². The average Bonchev–Trinajstić information content (AvgIpc) is 3.17. The number of sulfonamides is 2. The highest BCUT2D eigenvalue weighted by Gasteiger charge is 2.30. The standard InChI is InChI=1S/C21H26N4O4S2/c26-30(27,24-9-5-22-6-10-24)18-1-3-20-16(14-18)13-17-15-19(2-4-21(17)20)31(28,29)25-11-7-23-8-12-25/h1-4,14-15,22-23H,5-13H2. The van der Waals surface area contributed by atoms with Crippen LogP contribution in [0.25, 0.3) is 11.1 Å². The third-order valence-electron chi connectivity index (χ3n) is 6.25. The molecule has 2 N–H and O–H groups in total. The molecule has 3 aliphatic rings. The molecule has 2 fully saturated rings. The third kappa shape index (κ3) is 3.71. The van der Waals surface area contributed by atoms with E-state index in [1.165, 1.54) is 8.61 Å². The topological polar surface area (TPSA) is 98.8 Å². The van der Waals surface area contributed by atoms with Gasteiger partial charge in [-0.2, -0.15) is 8.61 Å². The minimum atomic E-state index is -3.53. The van der Waals surface area contributed by atoms with Crippen molar-refractivity contribution in [2.45, 2.75) is 16.2 Å². The van der Waals surface area contributed by atoms with Crippen molar-refractivity contribution in [2.75, 3.05) is 52.4 Å². The van der Waals surface area contributed by atoms with Gasteiger partial charge >= 0.3 is 0 Å². The van der Waals surface area contributed by atoms with Gasteiger partial charge in [0.15, 0.2) is 0 Å². The minimum Gasteiger partial charge on any atom is -0.314 e. The number of nitrogens with zero attached hydrogens (tertiary/aromatic N) is 2. The van der Waals surface area contributed by atoms with Gasteiger partial charge in [-0.3, -0.25) is 0 Å². The van der Waals surface area contributed by atoms with Crippen molar-refractivity contribution in [1.29, 1.82) is 0 Å². The Morgan fingerprint density at radius 1 is 0.613 bits per heavy atom. The molecule has 0 atom stereocenters. The second kappa shape index (κ2) is 7.95. The van der Waals surface area contributed by atoms with Crippen LogP contribution in [0, 0.1) is 0 Å². The summed E-state index contributed by atoms with van der Waals surface area (Å²) < 4.78 is 55.2.